The van der Waals surface area contributed by atoms with Gasteiger partial charge in [-0.25, -0.2) is 4.98 Å². The van der Waals surface area contributed by atoms with Gasteiger partial charge in [-0.3, -0.25) is 4.79 Å². The van der Waals surface area contributed by atoms with Gasteiger partial charge in [-0.05, 0) is 43.2 Å². The predicted octanol–water partition coefficient (Wildman–Crippen LogP) is 2.94. The van der Waals surface area contributed by atoms with E-state index in [-0.39, 0.29) is 11.7 Å². The number of hydrogen-bond donors (Lipinski definition) is 2. The number of ether oxygens (including phenoxy) is 1. The minimum absolute atomic E-state index is 0.228. The fourth-order valence-corrected chi connectivity index (χ4v) is 2.04. The van der Waals surface area contributed by atoms with Crippen molar-refractivity contribution in [3.05, 3.63) is 65.9 Å². The van der Waals surface area contributed by atoms with Crippen molar-refractivity contribution >= 4 is 11.7 Å². The Morgan fingerprint density at radius 3 is 3.00 bits per heavy atom. The first-order valence-electron chi connectivity index (χ1n) is 7.52. The number of anilines is 1. The lowest BCUT2D eigenvalue weighted by atomic mass is 10.2. The van der Waals surface area contributed by atoms with Crippen molar-refractivity contribution in [2.45, 2.75) is 19.9 Å². The molecule has 5 heteroatoms. The topological polar surface area (TPSA) is 77.2 Å². The number of rotatable bonds is 7. The van der Waals surface area contributed by atoms with Crippen molar-refractivity contribution in [1.82, 2.24) is 10.3 Å². The van der Waals surface area contributed by atoms with Crippen molar-refractivity contribution in [3.63, 3.8) is 0 Å². The quantitative estimate of drug-likeness (QED) is 0.609. The Morgan fingerprint density at radius 2 is 2.22 bits per heavy atom. The maximum absolute atomic E-state index is 12.1. The molecule has 0 spiro atoms. The molecule has 0 atom stereocenters. The zero-order valence-electron chi connectivity index (χ0n) is 13.2. The van der Waals surface area contributed by atoms with Crippen LogP contribution in [0.4, 0.5) is 5.82 Å². The van der Waals surface area contributed by atoms with Gasteiger partial charge in [0.2, 0.25) is 0 Å². The number of allylic oxidation sites excluding steroid dienone is 1. The Kier molecular flexibility index (Phi) is 6.17. The monoisotopic (exact) mass is 311 g/mol. The van der Waals surface area contributed by atoms with Gasteiger partial charge in [0.05, 0.1) is 12.2 Å². The molecule has 0 aliphatic rings. The minimum Gasteiger partial charge on any atom is -0.493 e. The number of carbonyl (C=O) groups excluding carboxylic acids is 1. The smallest absolute Gasteiger partial charge is 0.255 e. The number of nitrogens with two attached hydrogens (primary N) is 1. The highest BCUT2D eigenvalue weighted by Crippen LogP contribution is 2.14. The summed E-state index contributed by atoms with van der Waals surface area (Å²) >= 11 is 0. The van der Waals surface area contributed by atoms with E-state index in [1.807, 2.05) is 37.3 Å². The number of nitrogen functional groups attached to an aromatic ring is 1. The molecule has 0 aliphatic heterocycles. The average Bonchev–Trinajstić information content (AvgIpc) is 2.57. The Balaban J connectivity index is 1.90. The number of pyridine rings is 1. The lowest BCUT2D eigenvalue weighted by Gasteiger charge is -2.09. The molecule has 0 radical (unpaired) electrons. The first kappa shape index (κ1) is 16.5. The molecular formula is C18H21N3O2. The summed E-state index contributed by atoms with van der Waals surface area (Å²) < 4.78 is 5.67. The van der Waals surface area contributed by atoms with Crippen molar-refractivity contribution in [2.24, 2.45) is 0 Å². The highest BCUT2D eigenvalue weighted by atomic mass is 16.5. The summed E-state index contributed by atoms with van der Waals surface area (Å²) in [4.78, 5) is 16.0. The van der Waals surface area contributed by atoms with Gasteiger partial charge in [0.15, 0.2) is 0 Å². The molecule has 23 heavy (non-hydrogen) atoms. The molecule has 0 unspecified atom stereocenters. The van der Waals surface area contributed by atoms with Crippen LogP contribution in [-0.2, 0) is 6.54 Å². The number of hydrogen-bond acceptors (Lipinski definition) is 4. The molecule has 0 saturated carbocycles. The molecule has 0 fully saturated rings. The van der Waals surface area contributed by atoms with Crippen molar-refractivity contribution in [3.8, 4) is 5.75 Å². The van der Waals surface area contributed by atoms with Gasteiger partial charge in [-0.2, -0.15) is 0 Å². The van der Waals surface area contributed by atoms with Crippen LogP contribution in [0.1, 0.15) is 29.3 Å². The Bertz CT molecular complexity index is 683. The second-order valence-corrected chi connectivity index (χ2v) is 4.97. The van der Waals surface area contributed by atoms with Gasteiger partial charge >= 0.3 is 0 Å². The van der Waals surface area contributed by atoms with Crippen LogP contribution in [0.5, 0.6) is 5.75 Å². The largest absolute Gasteiger partial charge is 0.493 e. The van der Waals surface area contributed by atoms with Gasteiger partial charge in [0, 0.05) is 12.7 Å². The fraction of sp³-hybridized carbons (Fsp3) is 0.222. The minimum atomic E-state index is -0.241. The lowest BCUT2D eigenvalue weighted by molar-refractivity contribution is 0.0951. The molecule has 3 N–H and O–H groups in total. The molecule has 0 saturated heterocycles. The molecule has 0 aliphatic carbocycles. The van der Waals surface area contributed by atoms with Crippen LogP contribution in [0.3, 0.4) is 0 Å². The zero-order valence-corrected chi connectivity index (χ0v) is 13.2. The standard InChI is InChI=1S/C18H21N3O2/c1-2-3-4-11-23-15-8-5-7-14(12-15)13-21-18(22)16-9-6-10-20-17(16)19/h2-3,5-10,12H,4,11,13H2,1H3,(H2,19,20)(H,21,22)/b3-2+. The van der Waals surface area contributed by atoms with Crippen LogP contribution in [0.15, 0.2) is 54.7 Å². The van der Waals surface area contributed by atoms with Crippen LogP contribution >= 0.6 is 0 Å². The van der Waals surface area contributed by atoms with E-state index >= 15 is 0 Å². The Hall–Kier alpha value is -2.82. The van der Waals surface area contributed by atoms with E-state index in [4.69, 9.17) is 10.5 Å². The summed E-state index contributed by atoms with van der Waals surface area (Å²) in [5, 5.41) is 2.83. The molecule has 2 aromatic rings. The zero-order chi connectivity index (χ0) is 16.5. The third-order valence-corrected chi connectivity index (χ3v) is 3.22. The van der Waals surface area contributed by atoms with E-state index < -0.39 is 0 Å². The summed E-state index contributed by atoms with van der Waals surface area (Å²) in [6.07, 6.45) is 6.49. The van der Waals surface area contributed by atoms with E-state index in [9.17, 15) is 4.79 Å². The van der Waals surface area contributed by atoms with Crippen LogP contribution in [0.2, 0.25) is 0 Å². The lowest BCUT2D eigenvalue weighted by Crippen LogP contribution is -2.24. The van der Waals surface area contributed by atoms with E-state index in [0.29, 0.717) is 18.7 Å². The number of nitrogens with zero attached hydrogens (tertiary/aromatic N) is 1. The highest BCUT2D eigenvalue weighted by molar-refractivity contribution is 5.98. The second-order valence-electron chi connectivity index (χ2n) is 4.97. The predicted molar refractivity (Wildman–Crippen MR) is 91.2 cm³/mol. The van der Waals surface area contributed by atoms with E-state index in [1.165, 1.54) is 0 Å². The number of carbonyl (C=O) groups is 1. The summed E-state index contributed by atoms with van der Waals surface area (Å²) in [6.45, 7) is 3.02. The van der Waals surface area contributed by atoms with Crippen molar-refractivity contribution in [1.29, 1.82) is 0 Å². The number of aromatic nitrogens is 1. The van der Waals surface area contributed by atoms with E-state index in [0.717, 1.165) is 17.7 Å². The number of nitrogens with one attached hydrogen (secondary N) is 1. The van der Waals surface area contributed by atoms with Gasteiger partial charge in [-0.1, -0.05) is 24.3 Å². The maximum Gasteiger partial charge on any atom is 0.255 e. The maximum atomic E-state index is 12.1. The normalized spacial score (nSPS) is 10.7. The molecule has 5 nitrogen and oxygen atoms in total. The summed E-state index contributed by atoms with van der Waals surface area (Å²) in [6, 6.07) is 11.0. The first-order chi connectivity index (χ1) is 11.2. The third-order valence-electron chi connectivity index (χ3n) is 3.22. The van der Waals surface area contributed by atoms with Crippen molar-refractivity contribution in [2.75, 3.05) is 12.3 Å². The SMILES string of the molecule is C/C=C/CCOc1cccc(CNC(=O)c2cccnc2N)c1. The molecule has 1 amide bonds. The van der Waals surface area contributed by atoms with E-state index in [1.54, 1.807) is 18.3 Å². The van der Waals surface area contributed by atoms with Crippen LogP contribution < -0.4 is 15.8 Å². The molecule has 1 aromatic carbocycles. The Morgan fingerprint density at radius 1 is 1.35 bits per heavy atom. The molecule has 1 aromatic heterocycles. The summed E-state index contributed by atoms with van der Waals surface area (Å²) in [7, 11) is 0. The fourth-order valence-electron chi connectivity index (χ4n) is 2.04. The van der Waals surface area contributed by atoms with Crippen LogP contribution in [-0.4, -0.2) is 17.5 Å². The van der Waals surface area contributed by atoms with E-state index in [2.05, 4.69) is 16.4 Å². The second kappa shape index (κ2) is 8.58. The summed E-state index contributed by atoms with van der Waals surface area (Å²) in [5.41, 5.74) is 7.04. The molecule has 120 valence electrons. The summed E-state index contributed by atoms with van der Waals surface area (Å²) in [5.74, 6) is 0.781. The van der Waals surface area contributed by atoms with Gasteiger partial charge in [-0.15, -0.1) is 0 Å². The molecular weight excluding hydrogens is 290 g/mol. The van der Waals surface area contributed by atoms with Crippen LogP contribution in [0, 0.1) is 0 Å². The van der Waals surface area contributed by atoms with Crippen LogP contribution in [0.25, 0.3) is 0 Å². The average molecular weight is 311 g/mol. The highest BCUT2D eigenvalue weighted by Gasteiger charge is 2.09. The number of amides is 1. The third kappa shape index (κ3) is 5.14. The molecule has 0 bridgehead atoms. The Labute approximate surface area is 136 Å². The first-order valence-corrected chi connectivity index (χ1v) is 7.52. The van der Waals surface area contributed by atoms with Gasteiger partial charge in [0.1, 0.15) is 11.6 Å². The van der Waals surface area contributed by atoms with Gasteiger partial charge < -0.3 is 15.8 Å². The molecule has 1 heterocycles. The molecule has 2 rings (SSSR count). The number of benzene rings is 1. The van der Waals surface area contributed by atoms with Gasteiger partial charge in [0.25, 0.3) is 5.91 Å². The van der Waals surface area contributed by atoms with Crippen molar-refractivity contribution < 1.29 is 9.53 Å².